The summed E-state index contributed by atoms with van der Waals surface area (Å²) in [5.41, 5.74) is 0. The zero-order valence-electron chi connectivity index (χ0n) is 10.8. The van der Waals surface area contributed by atoms with Gasteiger partial charge in [-0.3, -0.25) is 9.59 Å². The number of aldehydes is 2. The Morgan fingerprint density at radius 3 is 1.68 bits per heavy atom. The molecule has 2 aliphatic carbocycles. The average Bonchev–Trinajstić information content (AvgIpc) is 3.02. The second-order valence-corrected chi connectivity index (χ2v) is 5.34. The van der Waals surface area contributed by atoms with E-state index in [1.165, 1.54) is 0 Å². The van der Waals surface area contributed by atoms with Gasteiger partial charge in [0.05, 0.1) is 0 Å². The van der Waals surface area contributed by atoms with E-state index in [9.17, 15) is 19.2 Å². The number of rotatable bonds is 8. The molecule has 1 fully saturated rings. The molecule has 0 aliphatic heterocycles. The fraction of sp³-hybridized carbons (Fsp3) is 0.600. The second kappa shape index (κ2) is 6.04. The smallest absolute Gasteiger partial charge is 0.137 e. The molecule has 0 N–H and O–H groups in total. The van der Waals surface area contributed by atoms with Crippen LogP contribution in [0.5, 0.6) is 0 Å². The fourth-order valence-electron chi connectivity index (χ4n) is 3.44. The third-order valence-corrected chi connectivity index (χ3v) is 4.22. The number of ketones is 2. The molecule has 1 saturated carbocycles. The number of Topliss-reactive ketones (excluding diaryl/α,β-unsaturated/α-hetero) is 2. The number of carbonyl (C=O) groups is 4. The van der Waals surface area contributed by atoms with E-state index in [1.807, 2.05) is 12.2 Å². The van der Waals surface area contributed by atoms with Crippen LogP contribution in [0.4, 0.5) is 0 Å². The van der Waals surface area contributed by atoms with Crippen LogP contribution in [0.1, 0.15) is 32.1 Å². The first kappa shape index (κ1) is 13.8. The summed E-state index contributed by atoms with van der Waals surface area (Å²) in [5, 5.41) is 0. The van der Waals surface area contributed by atoms with Gasteiger partial charge in [-0.1, -0.05) is 12.2 Å². The average molecular weight is 262 g/mol. The Bertz CT molecular complexity index is 386. The highest BCUT2D eigenvalue weighted by Gasteiger charge is 2.50. The molecule has 2 bridgehead atoms. The fourth-order valence-corrected chi connectivity index (χ4v) is 3.44. The topological polar surface area (TPSA) is 68.3 Å². The molecule has 4 nitrogen and oxygen atoms in total. The number of fused-ring (bicyclic) bond motifs is 2. The maximum atomic E-state index is 12.2. The molecule has 0 radical (unpaired) electrons. The van der Waals surface area contributed by atoms with E-state index < -0.39 is 0 Å². The Hall–Kier alpha value is -1.58. The molecule has 0 saturated heterocycles. The highest BCUT2D eigenvalue weighted by atomic mass is 16.1. The van der Waals surface area contributed by atoms with Crippen molar-refractivity contribution in [3.8, 4) is 0 Å². The van der Waals surface area contributed by atoms with Gasteiger partial charge in [-0.05, 0) is 18.3 Å². The SMILES string of the molecule is O=CCCC(=O)C1C2C=CC(C2)C1C(=O)CCC=O. The van der Waals surface area contributed by atoms with Gasteiger partial charge in [0.2, 0.25) is 0 Å². The Morgan fingerprint density at radius 2 is 1.32 bits per heavy atom. The van der Waals surface area contributed by atoms with Crippen LogP contribution in [0.2, 0.25) is 0 Å². The summed E-state index contributed by atoms with van der Waals surface area (Å²) in [7, 11) is 0. The molecule has 0 spiro atoms. The van der Waals surface area contributed by atoms with Crippen LogP contribution in [0.25, 0.3) is 0 Å². The summed E-state index contributed by atoms with van der Waals surface area (Å²) in [6.45, 7) is 0. The van der Waals surface area contributed by atoms with Crippen molar-refractivity contribution in [2.45, 2.75) is 32.1 Å². The predicted octanol–water partition coefficient (Wildman–Crippen LogP) is 1.52. The summed E-state index contributed by atoms with van der Waals surface area (Å²) in [4.78, 5) is 45.1. The maximum Gasteiger partial charge on any atom is 0.137 e. The maximum absolute atomic E-state index is 12.2. The van der Waals surface area contributed by atoms with Gasteiger partial charge in [0.25, 0.3) is 0 Å². The van der Waals surface area contributed by atoms with Crippen molar-refractivity contribution in [1.82, 2.24) is 0 Å². The Labute approximate surface area is 112 Å². The highest BCUT2D eigenvalue weighted by molar-refractivity contribution is 5.92. The zero-order valence-corrected chi connectivity index (χ0v) is 10.8. The third-order valence-electron chi connectivity index (χ3n) is 4.22. The van der Waals surface area contributed by atoms with Crippen LogP contribution in [0.15, 0.2) is 12.2 Å². The molecular weight excluding hydrogens is 244 g/mol. The van der Waals surface area contributed by atoms with Gasteiger partial charge in [0, 0.05) is 37.5 Å². The molecule has 4 atom stereocenters. The first-order chi connectivity index (χ1) is 9.19. The lowest BCUT2D eigenvalue weighted by atomic mass is 9.76. The van der Waals surface area contributed by atoms with E-state index in [0.717, 1.165) is 19.0 Å². The van der Waals surface area contributed by atoms with Crippen molar-refractivity contribution in [3.05, 3.63) is 12.2 Å². The van der Waals surface area contributed by atoms with E-state index in [4.69, 9.17) is 0 Å². The molecule has 0 aromatic rings. The molecule has 0 aromatic heterocycles. The van der Waals surface area contributed by atoms with Crippen molar-refractivity contribution >= 4 is 24.1 Å². The van der Waals surface area contributed by atoms with Crippen LogP contribution >= 0.6 is 0 Å². The van der Waals surface area contributed by atoms with E-state index in [0.29, 0.717) is 0 Å². The van der Waals surface area contributed by atoms with E-state index in [-0.39, 0.29) is 60.9 Å². The monoisotopic (exact) mass is 262 g/mol. The first-order valence-electron chi connectivity index (χ1n) is 6.80. The molecular formula is C15H18O4. The lowest BCUT2D eigenvalue weighted by molar-refractivity contribution is -0.133. The van der Waals surface area contributed by atoms with Crippen LogP contribution < -0.4 is 0 Å². The Morgan fingerprint density at radius 1 is 0.895 bits per heavy atom. The van der Waals surface area contributed by atoms with Gasteiger partial charge in [-0.2, -0.15) is 0 Å². The van der Waals surface area contributed by atoms with Crippen molar-refractivity contribution in [2.24, 2.45) is 23.7 Å². The van der Waals surface area contributed by atoms with Crippen molar-refractivity contribution in [3.63, 3.8) is 0 Å². The van der Waals surface area contributed by atoms with Crippen LogP contribution in [0.3, 0.4) is 0 Å². The summed E-state index contributed by atoms with van der Waals surface area (Å²) in [6, 6.07) is 0. The highest BCUT2D eigenvalue weighted by Crippen LogP contribution is 2.49. The molecule has 102 valence electrons. The quantitative estimate of drug-likeness (QED) is 0.491. The number of allylic oxidation sites excluding steroid dienone is 2. The molecule has 4 heteroatoms. The van der Waals surface area contributed by atoms with Crippen molar-refractivity contribution in [1.29, 1.82) is 0 Å². The summed E-state index contributed by atoms with van der Waals surface area (Å²) < 4.78 is 0. The number of carbonyl (C=O) groups excluding carboxylic acids is 4. The van der Waals surface area contributed by atoms with Gasteiger partial charge in [0.1, 0.15) is 24.1 Å². The van der Waals surface area contributed by atoms with Gasteiger partial charge < -0.3 is 9.59 Å². The third kappa shape index (κ3) is 2.72. The minimum atomic E-state index is -0.269. The van der Waals surface area contributed by atoms with Gasteiger partial charge >= 0.3 is 0 Å². The van der Waals surface area contributed by atoms with Crippen molar-refractivity contribution in [2.75, 3.05) is 0 Å². The number of hydrogen-bond acceptors (Lipinski definition) is 4. The molecule has 2 rings (SSSR count). The van der Waals surface area contributed by atoms with Crippen LogP contribution in [-0.4, -0.2) is 24.1 Å². The largest absolute Gasteiger partial charge is 0.303 e. The zero-order chi connectivity index (χ0) is 13.8. The van der Waals surface area contributed by atoms with Crippen molar-refractivity contribution < 1.29 is 19.2 Å². The lowest BCUT2D eigenvalue weighted by Gasteiger charge is -2.25. The Kier molecular flexibility index (Phi) is 4.40. The minimum Gasteiger partial charge on any atom is -0.303 e. The molecule has 0 amide bonds. The minimum absolute atomic E-state index is 0.0217. The van der Waals surface area contributed by atoms with E-state index in [1.54, 1.807) is 0 Å². The molecule has 4 unspecified atom stereocenters. The normalized spacial score (nSPS) is 31.4. The predicted molar refractivity (Wildman–Crippen MR) is 68.3 cm³/mol. The molecule has 0 aromatic carbocycles. The standard InChI is InChI=1S/C15H18O4/c16-7-1-3-12(18)14-10-5-6-11(9-10)15(14)13(19)4-2-8-17/h5-8,10-11,14-15H,1-4,9H2. The summed E-state index contributed by atoms with van der Waals surface area (Å²) >= 11 is 0. The van der Waals surface area contributed by atoms with E-state index >= 15 is 0 Å². The van der Waals surface area contributed by atoms with Gasteiger partial charge in [-0.15, -0.1) is 0 Å². The summed E-state index contributed by atoms with van der Waals surface area (Å²) in [5.74, 6) is -0.200. The number of hydrogen-bond donors (Lipinski definition) is 0. The second-order valence-electron chi connectivity index (χ2n) is 5.34. The first-order valence-corrected chi connectivity index (χ1v) is 6.80. The van der Waals surface area contributed by atoms with Crippen LogP contribution in [0, 0.1) is 23.7 Å². The summed E-state index contributed by atoms with van der Waals surface area (Å²) in [6.07, 6.45) is 7.29. The van der Waals surface area contributed by atoms with Gasteiger partial charge in [0.15, 0.2) is 0 Å². The van der Waals surface area contributed by atoms with E-state index in [2.05, 4.69) is 0 Å². The van der Waals surface area contributed by atoms with Gasteiger partial charge in [-0.25, -0.2) is 0 Å². The lowest BCUT2D eigenvalue weighted by Crippen LogP contribution is -2.33. The molecule has 19 heavy (non-hydrogen) atoms. The Balaban J connectivity index is 2.08. The molecule has 0 heterocycles. The van der Waals surface area contributed by atoms with Crippen LogP contribution in [-0.2, 0) is 19.2 Å². The molecule has 2 aliphatic rings.